The molecule has 8 heteroatoms. The molecule has 0 unspecified atom stereocenters. The highest BCUT2D eigenvalue weighted by atomic mass is 35.5. The molecule has 1 amide bonds. The third-order valence-electron chi connectivity index (χ3n) is 3.88. The van der Waals surface area contributed by atoms with E-state index in [1.54, 1.807) is 30.1 Å². The Labute approximate surface area is 144 Å². The van der Waals surface area contributed by atoms with Gasteiger partial charge in [0.25, 0.3) is 15.9 Å². The number of nitrogens with one attached hydrogen (secondary N) is 1. The molecule has 1 heterocycles. The van der Waals surface area contributed by atoms with Crippen molar-refractivity contribution in [2.45, 2.75) is 11.3 Å². The fourth-order valence-electron chi connectivity index (χ4n) is 2.62. The van der Waals surface area contributed by atoms with Crippen LogP contribution in [0.4, 0.5) is 10.1 Å². The number of halogens is 2. The Balaban J connectivity index is 2.03. The standard InChI is InChI=1S/C16H14ClFN2O3S/c1-20-8-7-11-12(16(20)21)3-2-4-14(11)19-24(22,23)15-9-10(18)5-6-13(15)17/h2-6,9,19H,7-8H2,1H3. The molecule has 1 N–H and O–H groups in total. The largest absolute Gasteiger partial charge is 0.341 e. The van der Waals surface area contributed by atoms with Gasteiger partial charge in [0.2, 0.25) is 0 Å². The van der Waals surface area contributed by atoms with Crippen LogP contribution in [0, 0.1) is 5.82 Å². The van der Waals surface area contributed by atoms with Crippen LogP contribution in [0.25, 0.3) is 0 Å². The number of likely N-dealkylation sites (N-methyl/N-ethyl adjacent to an activating group) is 1. The topological polar surface area (TPSA) is 66.5 Å². The first kappa shape index (κ1) is 16.7. The summed E-state index contributed by atoms with van der Waals surface area (Å²) in [5, 5.41) is -0.0792. The van der Waals surface area contributed by atoms with Crippen LogP contribution in [-0.2, 0) is 16.4 Å². The smallest absolute Gasteiger partial charge is 0.263 e. The second-order valence-corrected chi connectivity index (χ2v) is 7.55. The Morgan fingerprint density at radius 1 is 1.25 bits per heavy atom. The highest BCUT2D eigenvalue weighted by Crippen LogP contribution is 2.29. The SMILES string of the molecule is CN1CCc2c(NS(=O)(=O)c3cc(F)ccc3Cl)cccc2C1=O. The van der Waals surface area contributed by atoms with Crippen molar-refractivity contribution >= 4 is 33.2 Å². The van der Waals surface area contributed by atoms with Crippen molar-refractivity contribution in [2.24, 2.45) is 0 Å². The number of hydrogen-bond acceptors (Lipinski definition) is 3. The summed E-state index contributed by atoms with van der Waals surface area (Å²) in [5.41, 5.74) is 1.38. The summed E-state index contributed by atoms with van der Waals surface area (Å²) in [4.78, 5) is 13.4. The minimum Gasteiger partial charge on any atom is -0.341 e. The van der Waals surface area contributed by atoms with Crippen molar-refractivity contribution < 1.29 is 17.6 Å². The molecule has 0 fully saturated rings. The Bertz CT molecular complexity index is 931. The minimum atomic E-state index is -4.08. The van der Waals surface area contributed by atoms with Crippen LogP contribution in [0.2, 0.25) is 5.02 Å². The minimum absolute atomic E-state index is 0.0792. The number of hydrogen-bond donors (Lipinski definition) is 1. The lowest BCUT2D eigenvalue weighted by atomic mass is 9.98. The van der Waals surface area contributed by atoms with E-state index in [1.165, 1.54) is 6.07 Å². The highest BCUT2D eigenvalue weighted by Gasteiger charge is 2.26. The summed E-state index contributed by atoms with van der Waals surface area (Å²) in [5.74, 6) is -0.868. The summed E-state index contributed by atoms with van der Waals surface area (Å²) < 4.78 is 40.9. The average Bonchev–Trinajstić information content (AvgIpc) is 2.53. The maximum Gasteiger partial charge on any atom is 0.263 e. The molecular formula is C16H14ClFN2O3S. The van der Waals surface area contributed by atoms with Crippen LogP contribution in [-0.4, -0.2) is 32.8 Å². The van der Waals surface area contributed by atoms with E-state index in [9.17, 15) is 17.6 Å². The lowest BCUT2D eigenvalue weighted by Gasteiger charge is -2.26. The zero-order valence-corrected chi connectivity index (χ0v) is 14.3. The fraction of sp³-hybridized carbons (Fsp3) is 0.188. The van der Waals surface area contributed by atoms with Crippen LogP contribution < -0.4 is 4.72 Å². The lowest BCUT2D eigenvalue weighted by Crippen LogP contribution is -2.34. The normalized spacial score (nSPS) is 14.5. The number of carbonyl (C=O) groups is 1. The van der Waals surface area contributed by atoms with Gasteiger partial charge in [0, 0.05) is 19.2 Å². The number of sulfonamides is 1. The van der Waals surface area contributed by atoms with Crippen LogP contribution in [0.1, 0.15) is 15.9 Å². The van der Waals surface area contributed by atoms with Crippen molar-refractivity contribution in [3.8, 4) is 0 Å². The molecule has 126 valence electrons. The molecule has 2 aromatic carbocycles. The molecule has 3 rings (SSSR count). The van der Waals surface area contributed by atoms with Crippen molar-refractivity contribution in [3.05, 3.63) is 58.4 Å². The molecule has 1 aliphatic heterocycles. The summed E-state index contributed by atoms with van der Waals surface area (Å²) in [6.45, 7) is 0.491. The molecule has 0 aromatic heterocycles. The first-order chi connectivity index (χ1) is 11.3. The molecule has 5 nitrogen and oxygen atoms in total. The molecule has 0 radical (unpaired) electrons. The third-order valence-corrected chi connectivity index (χ3v) is 5.72. The predicted molar refractivity (Wildman–Crippen MR) is 89.3 cm³/mol. The van der Waals surface area contributed by atoms with Gasteiger partial charge in [-0.3, -0.25) is 9.52 Å². The quantitative estimate of drug-likeness (QED) is 0.905. The van der Waals surface area contributed by atoms with Gasteiger partial charge in [0.05, 0.1) is 10.7 Å². The molecule has 0 saturated carbocycles. The lowest BCUT2D eigenvalue weighted by molar-refractivity contribution is 0.0781. The van der Waals surface area contributed by atoms with E-state index < -0.39 is 15.8 Å². The molecule has 2 aromatic rings. The zero-order valence-electron chi connectivity index (χ0n) is 12.7. The maximum absolute atomic E-state index is 13.4. The van der Waals surface area contributed by atoms with Crippen LogP contribution in [0.15, 0.2) is 41.3 Å². The van der Waals surface area contributed by atoms with E-state index in [0.717, 1.165) is 12.1 Å². The zero-order chi connectivity index (χ0) is 17.5. The second kappa shape index (κ2) is 6.07. The van der Waals surface area contributed by atoms with Crippen LogP contribution >= 0.6 is 11.6 Å². The van der Waals surface area contributed by atoms with E-state index in [0.29, 0.717) is 29.8 Å². The van der Waals surface area contributed by atoms with Crippen LogP contribution in [0.3, 0.4) is 0 Å². The molecule has 0 atom stereocenters. The molecule has 0 aliphatic carbocycles. The number of nitrogens with zero attached hydrogens (tertiary/aromatic N) is 1. The number of amides is 1. The van der Waals surface area contributed by atoms with E-state index in [4.69, 9.17) is 11.6 Å². The average molecular weight is 369 g/mol. The predicted octanol–water partition coefficient (Wildman–Crippen LogP) is 2.91. The Morgan fingerprint density at radius 3 is 2.75 bits per heavy atom. The highest BCUT2D eigenvalue weighted by molar-refractivity contribution is 7.92. The van der Waals surface area contributed by atoms with Gasteiger partial charge in [-0.2, -0.15) is 0 Å². The first-order valence-electron chi connectivity index (χ1n) is 7.15. The van der Waals surface area contributed by atoms with E-state index in [1.807, 2.05) is 0 Å². The number of rotatable bonds is 3. The van der Waals surface area contributed by atoms with E-state index in [-0.39, 0.29) is 15.8 Å². The summed E-state index contributed by atoms with van der Waals surface area (Å²) in [7, 11) is -2.39. The number of carbonyl (C=O) groups excluding carboxylic acids is 1. The Morgan fingerprint density at radius 2 is 2.00 bits per heavy atom. The van der Waals surface area contributed by atoms with Gasteiger partial charge in [-0.15, -0.1) is 0 Å². The van der Waals surface area contributed by atoms with Gasteiger partial charge in [-0.1, -0.05) is 17.7 Å². The van der Waals surface area contributed by atoms with Gasteiger partial charge in [-0.05, 0) is 42.3 Å². The van der Waals surface area contributed by atoms with Crippen molar-refractivity contribution in [1.82, 2.24) is 4.90 Å². The van der Waals surface area contributed by atoms with Gasteiger partial charge < -0.3 is 4.90 Å². The van der Waals surface area contributed by atoms with Crippen molar-refractivity contribution in [3.63, 3.8) is 0 Å². The third kappa shape index (κ3) is 2.97. The van der Waals surface area contributed by atoms with Crippen LogP contribution in [0.5, 0.6) is 0 Å². The molecule has 0 saturated heterocycles. The monoisotopic (exact) mass is 368 g/mol. The molecule has 0 bridgehead atoms. The maximum atomic E-state index is 13.4. The number of benzene rings is 2. The number of fused-ring (bicyclic) bond motifs is 1. The van der Waals surface area contributed by atoms with Crippen molar-refractivity contribution in [1.29, 1.82) is 0 Å². The van der Waals surface area contributed by atoms with Gasteiger partial charge >= 0.3 is 0 Å². The summed E-state index contributed by atoms with van der Waals surface area (Å²) >= 11 is 5.89. The molecular weight excluding hydrogens is 355 g/mol. The van der Waals surface area contributed by atoms with Gasteiger partial charge in [-0.25, -0.2) is 12.8 Å². The Kier molecular flexibility index (Phi) is 4.23. The van der Waals surface area contributed by atoms with E-state index in [2.05, 4.69) is 4.72 Å². The summed E-state index contributed by atoms with van der Waals surface area (Å²) in [6.07, 6.45) is 0.521. The molecule has 1 aliphatic rings. The Hall–Kier alpha value is -2.12. The first-order valence-corrected chi connectivity index (χ1v) is 9.01. The van der Waals surface area contributed by atoms with E-state index >= 15 is 0 Å². The fourth-order valence-corrected chi connectivity index (χ4v) is 4.23. The number of anilines is 1. The molecule has 24 heavy (non-hydrogen) atoms. The van der Waals surface area contributed by atoms with Crippen molar-refractivity contribution in [2.75, 3.05) is 18.3 Å². The molecule has 0 spiro atoms. The van der Waals surface area contributed by atoms with Gasteiger partial charge in [0.15, 0.2) is 0 Å². The van der Waals surface area contributed by atoms with Gasteiger partial charge in [0.1, 0.15) is 10.7 Å². The summed E-state index contributed by atoms with van der Waals surface area (Å²) in [6, 6.07) is 7.95. The second-order valence-electron chi connectivity index (χ2n) is 5.49.